The van der Waals surface area contributed by atoms with Gasteiger partial charge in [-0.25, -0.2) is 4.79 Å². The molecule has 0 saturated carbocycles. The van der Waals surface area contributed by atoms with Gasteiger partial charge >= 0.3 is 12.3 Å². The van der Waals surface area contributed by atoms with Crippen molar-refractivity contribution in [1.82, 2.24) is 0 Å². The van der Waals surface area contributed by atoms with Crippen molar-refractivity contribution in [2.75, 3.05) is 11.9 Å². The van der Waals surface area contributed by atoms with Crippen molar-refractivity contribution in [2.45, 2.75) is 12.8 Å². The maximum Gasteiger partial charge on any atom is 0.573 e. The van der Waals surface area contributed by atoms with Crippen LogP contribution >= 0.6 is 0 Å². The predicted molar refractivity (Wildman–Crippen MR) is 67.6 cm³/mol. The number of rotatable bonds is 6. The van der Waals surface area contributed by atoms with Gasteiger partial charge in [0, 0.05) is 12.2 Å². The van der Waals surface area contributed by atoms with E-state index < -0.39 is 12.3 Å². The minimum atomic E-state index is -4.73. The summed E-state index contributed by atoms with van der Waals surface area (Å²) in [5.74, 6) is -1.63. The number of ether oxygens (including phenoxy) is 1. The molecule has 0 aliphatic heterocycles. The highest BCUT2D eigenvalue weighted by atomic mass is 19.4. The number of hydrogen-bond acceptors (Lipinski definition) is 4. The highest BCUT2D eigenvalue weighted by molar-refractivity contribution is 5.90. The zero-order valence-electron chi connectivity index (χ0n) is 10.6. The molecule has 0 heterocycles. The number of carboxylic acids is 1. The lowest BCUT2D eigenvalue weighted by molar-refractivity contribution is -0.274. The number of hydrogen-bond donors (Lipinski definition) is 2. The zero-order valence-corrected chi connectivity index (χ0v) is 10.6. The number of nitrogens with zero attached hydrogens (tertiary/aromatic N) is 1. The minimum Gasteiger partial charge on any atom is -0.477 e. The molecule has 0 spiro atoms. The molecule has 112 valence electrons. The smallest absolute Gasteiger partial charge is 0.477 e. The van der Waals surface area contributed by atoms with Crippen LogP contribution in [-0.4, -0.2) is 24.0 Å². The molecule has 0 amide bonds. The van der Waals surface area contributed by atoms with Crippen LogP contribution in [0.1, 0.15) is 6.42 Å². The number of carboxylic acid groups (broad SMARTS) is 1. The van der Waals surface area contributed by atoms with Crippen molar-refractivity contribution in [1.29, 1.82) is 5.26 Å². The van der Waals surface area contributed by atoms with E-state index >= 15 is 0 Å². The first-order valence-electron chi connectivity index (χ1n) is 5.75. The van der Waals surface area contributed by atoms with Gasteiger partial charge in [0.1, 0.15) is 17.4 Å². The third kappa shape index (κ3) is 6.33. The molecule has 0 fully saturated rings. The zero-order chi connectivity index (χ0) is 15.9. The first-order valence-corrected chi connectivity index (χ1v) is 5.75. The average molecular weight is 300 g/mol. The fourth-order valence-electron chi connectivity index (χ4n) is 1.39. The molecule has 0 aliphatic rings. The van der Waals surface area contributed by atoms with E-state index in [2.05, 4.69) is 10.1 Å². The van der Waals surface area contributed by atoms with Crippen LogP contribution in [0.25, 0.3) is 0 Å². The van der Waals surface area contributed by atoms with Crippen LogP contribution in [-0.2, 0) is 4.79 Å². The predicted octanol–water partition coefficient (Wildman–Crippen LogP) is 2.92. The van der Waals surface area contributed by atoms with Crippen molar-refractivity contribution < 1.29 is 27.8 Å². The Balaban J connectivity index is 2.47. The van der Waals surface area contributed by atoms with E-state index in [0.717, 1.165) is 12.1 Å². The fourth-order valence-corrected chi connectivity index (χ4v) is 1.39. The molecule has 1 aromatic rings. The maximum absolute atomic E-state index is 11.9. The number of halogens is 3. The maximum atomic E-state index is 11.9. The molecule has 5 nitrogen and oxygen atoms in total. The SMILES string of the molecule is N#CC(=CCCNc1ccc(OC(F)(F)F)cc1)C(=O)O. The van der Waals surface area contributed by atoms with Crippen LogP contribution < -0.4 is 10.1 Å². The molecule has 0 unspecified atom stereocenters. The van der Waals surface area contributed by atoms with Crippen molar-refractivity contribution in [3.8, 4) is 11.8 Å². The van der Waals surface area contributed by atoms with Crippen LogP contribution in [0.15, 0.2) is 35.9 Å². The quantitative estimate of drug-likeness (QED) is 0.479. The molecule has 8 heteroatoms. The van der Waals surface area contributed by atoms with Crippen molar-refractivity contribution in [3.05, 3.63) is 35.9 Å². The Morgan fingerprint density at radius 1 is 1.38 bits per heavy atom. The van der Waals surface area contributed by atoms with Gasteiger partial charge in [-0.2, -0.15) is 5.26 Å². The minimum absolute atomic E-state index is 0.288. The van der Waals surface area contributed by atoms with Crippen molar-refractivity contribution in [2.24, 2.45) is 0 Å². The summed E-state index contributed by atoms with van der Waals surface area (Å²) in [6.07, 6.45) is -3.18. The van der Waals surface area contributed by atoms with Crippen LogP contribution in [0.3, 0.4) is 0 Å². The van der Waals surface area contributed by atoms with E-state index in [1.807, 2.05) is 0 Å². The number of benzene rings is 1. The molecule has 2 N–H and O–H groups in total. The molecule has 1 rings (SSSR count). The molecule has 0 aromatic heterocycles. The van der Waals surface area contributed by atoms with Crippen LogP contribution in [0, 0.1) is 11.3 Å². The first-order chi connectivity index (χ1) is 9.81. The molecule has 1 aromatic carbocycles. The largest absolute Gasteiger partial charge is 0.573 e. The third-order valence-electron chi connectivity index (χ3n) is 2.26. The first kappa shape index (κ1) is 16.4. The summed E-state index contributed by atoms with van der Waals surface area (Å²) >= 11 is 0. The van der Waals surface area contributed by atoms with Gasteiger partial charge in [0.05, 0.1) is 0 Å². The standard InChI is InChI=1S/C13H11F3N2O3/c14-13(15,16)21-11-5-3-10(4-6-11)18-7-1-2-9(8-17)12(19)20/h2-6,18H,1,7H2,(H,19,20). The molecule has 0 atom stereocenters. The number of aliphatic carboxylic acids is 1. The lowest BCUT2D eigenvalue weighted by Crippen LogP contribution is -2.17. The van der Waals surface area contributed by atoms with Gasteiger partial charge in [-0.15, -0.1) is 13.2 Å². The van der Waals surface area contributed by atoms with Crippen LogP contribution in [0.4, 0.5) is 18.9 Å². The third-order valence-corrected chi connectivity index (χ3v) is 2.26. The molecule has 0 aliphatic carbocycles. The Morgan fingerprint density at radius 2 is 2.00 bits per heavy atom. The number of anilines is 1. The second-order valence-electron chi connectivity index (χ2n) is 3.82. The topological polar surface area (TPSA) is 82.3 Å². The Labute approximate surface area is 118 Å². The van der Waals surface area contributed by atoms with E-state index in [1.165, 1.54) is 18.2 Å². The number of nitrogens with one attached hydrogen (secondary N) is 1. The monoisotopic (exact) mass is 300 g/mol. The normalized spacial score (nSPS) is 11.6. The van der Waals surface area contributed by atoms with Gasteiger partial charge in [-0.05, 0) is 30.7 Å². The van der Waals surface area contributed by atoms with E-state index in [-0.39, 0.29) is 17.7 Å². The Morgan fingerprint density at radius 3 is 2.48 bits per heavy atom. The van der Waals surface area contributed by atoms with E-state index in [4.69, 9.17) is 10.4 Å². The van der Waals surface area contributed by atoms with Gasteiger partial charge in [0.2, 0.25) is 0 Å². The summed E-state index contributed by atoms with van der Waals surface area (Å²) in [5.41, 5.74) is 0.192. The van der Waals surface area contributed by atoms with Crippen LogP contribution in [0.5, 0.6) is 5.75 Å². The highest BCUT2D eigenvalue weighted by Crippen LogP contribution is 2.23. The van der Waals surface area contributed by atoms with Gasteiger partial charge in [-0.1, -0.05) is 6.08 Å². The molecule has 0 radical (unpaired) electrons. The fraction of sp³-hybridized carbons (Fsp3) is 0.231. The summed E-state index contributed by atoms with van der Waals surface area (Å²) in [4.78, 5) is 10.5. The summed E-state index contributed by atoms with van der Waals surface area (Å²) in [6.45, 7) is 0.331. The van der Waals surface area contributed by atoms with Crippen molar-refractivity contribution >= 4 is 11.7 Å². The van der Waals surface area contributed by atoms with E-state index in [1.54, 1.807) is 6.07 Å². The van der Waals surface area contributed by atoms with E-state index in [0.29, 0.717) is 12.2 Å². The Hall–Kier alpha value is -2.69. The van der Waals surface area contributed by atoms with E-state index in [9.17, 15) is 18.0 Å². The molecule has 0 bridgehead atoms. The van der Waals surface area contributed by atoms with Gasteiger partial charge in [0.25, 0.3) is 0 Å². The van der Waals surface area contributed by atoms with Gasteiger partial charge in [-0.3, -0.25) is 0 Å². The Bertz CT molecular complexity index is 560. The summed E-state index contributed by atoms with van der Waals surface area (Å²) in [5, 5.41) is 20.0. The van der Waals surface area contributed by atoms with Crippen LogP contribution in [0.2, 0.25) is 0 Å². The number of alkyl halides is 3. The summed E-state index contributed by atoms with van der Waals surface area (Å²) in [7, 11) is 0. The lowest BCUT2D eigenvalue weighted by atomic mass is 10.2. The number of nitriles is 1. The molecule has 0 saturated heterocycles. The Kier molecular flexibility index (Phi) is 5.60. The average Bonchev–Trinajstić information content (AvgIpc) is 2.38. The molecular weight excluding hydrogens is 289 g/mol. The summed E-state index contributed by atoms with van der Waals surface area (Å²) < 4.78 is 39.6. The molecular formula is C13H11F3N2O3. The molecule has 21 heavy (non-hydrogen) atoms. The van der Waals surface area contributed by atoms with Crippen molar-refractivity contribution in [3.63, 3.8) is 0 Å². The summed E-state index contributed by atoms with van der Waals surface area (Å²) in [6, 6.07) is 6.64. The van der Waals surface area contributed by atoms with Gasteiger partial charge in [0.15, 0.2) is 0 Å². The lowest BCUT2D eigenvalue weighted by Gasteiger charge is -2.10. The second kappa shape index (κ2) is 7.19. The highest BCUT2D eigenvalue weighted by Gasteiger charge is 2.30. The number of carbonyl (C=O) groups is 1. The van der Waals surface area contributed by atoms with Gasteiger partial charge < -0.3 is 15.2 Å². The second-order valence-corrected chi connectivity index (χ2v) is 3.82.